The van der Waals surface area contributed by atoms with Gasteiger partial charge < -0.3 is 10.0 Å². The summed E-state index contributed by atoms with van der Waals surface area (Å²) in [7, 11) is 0. The van der Waals surface area contributed by atoms with Gasteiger partial charge in [-0.2, -0.15) is 0 Å². The third-order valence-electron chi connectivity index (χ3n) is 2.68. The molecule has 1 amide bonds. The summed E-state index contributed by atoms with van der Waals surface area (Å²) in [5.41, 5.74) is 0.0521. The molecule has 1 aliphatic heterocycles. The van der Waals surface area contributed by atoms with E-state index in [2.05, 4.69) is 0 Å². The van der Waals surface area contributed by atoms with Gasteiger partial charge in [0.2, 0.25) is 5.91 Å². The second-order valence-corrected chi connectivity index (χ2v) is 4.55. The number of carbonyl (C=O) groups is 1. The molecule has 86 valence electrons. The molecule has 16 heavy (non-hydrogen) atoms. The summed E-state index contributed by atoms with van der Waals surface area (Å²) in [6, 6.07) is 5.89. The largest absolute Gasteiger partial charge is 0.386 e. The molecule has 0 spiro atoms. The highest BCUT2D eigenvalue weighted by Gasteiger charge is 2.38. The van der Waals surface area contributed by atoms with Crippen LogP contribution in [-0.4, -0.2) is 34.6 Å². The van der Waals surface area contributed by atoms with E-state index in [1.54, 1.807) is 24.0 Å². The molecule has 0 aromatic heterocycles. The number of rotatable bonds is 2. The van der Waals surface area contributed by atoms with Crippen molar-refractivity contribution in [3.8, 4) is 0 Å². The molecule has 4 heteroatoms. The molecule has 0 radical (unpaired) electrons. The number of likely N-dealkylation sites (tertiary alicyclic amines) is 1. The predicted molar refractivity (Wildman–Crippen MR) is 57.3 cm³/mol. The van der Waals surface area contributed by atoms with E-state index in [1.165, 1.54) is 12.1 Å². The maximum Gasteiger partial charge on any atom is 0.227 e. The fraction of sp³-hybridized carbons (Fsp3) is 0.417. The van der Waals surface area contributed by atoms with E-state index in [0.717, 1.165) is 5.56 Å². The molecule has 1 fully saturated rings. The number of hydrogen-bond donors (Lipinski definition) is 1. The summed E-state index contributed by atoms with van der Waals surface area (Å²) in [5, 5.41) is 9.49. The number of halogens is 1. The Balaban J connectivity index is 1.91. The standard InChI is InChI=1S/C12H14FNO2/c1-12(16)7-14(8-12)11(15)6-9-2-4-10(13)5-3-9/h2-5,16H,6-8H2,1H3. The van der Waals surface area contributed by atoms with Gasteiger partial charge >= 0.3 is 0 Å². The number of β-amino-alcohol motifs (C(OH)–C–C–N with tert-alkyl or cyclic N) is 1. The van der Waals surface area contributed by atoms with Crippen molar-refractivity contribution in [2.75, 3.05) is 13.1 Å². The number of amides is 1. The van der Waals surface area contributed by atoms with Crippen LogP contribution in [0.4, 0.5) is 4.39 Å². The summed E-state index contributed by atoms with van der Waals surface area (Å²) in [4.78, 5) is 13.3. The summed E-state index contributed by atoms with van der Waals surface area (Å²) in [6.45, 7) is 2.47. The monoisotopic (exact) mass is 223 g/mol. The smallest absolute Gasteiger partial charge is 0.227 e. The van der Waals surface area contributed by atoms with Gasteiger partial charge in [0.25, 0.3) is 0 Å². The van der Waals surface area contributed by atoms with Crippen LogP contribution in [0, 0.1) is 5.82 Å². The van der Waals surface area contributed by atoms with Crippen molar-refractivity contribution < 1.29 is 14.3 Å². The normalized spacial score (nSPS) is 18.1. The molecule has 0 unspecified atom stereocenters. The van der Waals surface area contributed by atoms with Crippen molar-refractivity contribution in [3.05, 3.63) is 35.6 Å². The molecular weight excluding hydrogens is 209 g/mol. The summed E-state index contributed by atoms with van der Waals surface area (Å²) < 4.78 is 12.6. The van der Waals surface area contributed by atoms with E-state index in [-0.39, 0.29) is 18.1 Å². The summed E-state index contributed by atoms with van der Waals surface area (Å²) >= 11 is 0. The van der Waals surface area contributed by atoms with Crippen LogP contribution >= 0.6 is 0 Å². The first-order valence-electron chi connectivity index (χ1n) is 5.21. The van der Waals surface area contributed by atoms with Gasteiger partial charge in [0.05, 0.1) is 25.1 Å². The van der Waals surface area contributed by atoms with Crippen molar-refractivity contribution in [1.82, 2.24) is 4.90 Å². The van der Waals surface area contributed by atoms with Crippen LogP contribution in [0.15, 0.2) is 24.3 Å². The molecule has 2 rings (SSSR count). The molecule has 0 atom stereocenters. The van der Waals surface area contributed by atoms with Gasteiger partial charge in [0.1, 0.15) is 5.82 Å². The minimum absolute atomic E-state index is 0.0295. The first-order chi connectivity index (χ1) is 7.46. The molecule has 1 aromatic carbocycles. The van der Waals surface area contributed by atoms with Crippen molar-refractivity contribution in [3.63, 3.8) is 0 Å². The second kappa shape index (κ2) is 3.87. The molecule has 1 heterocycles. The van der Waals surface area contributed by atoms with Gasteiger partial charge in [0, 0.05) is 0 Å². The third kappa shape index (κ3) is 2.39. The van der Waals surface area contributed by atoms with Gasteiger partial charge in [-0.25, -0.2) is 4.39 Å². The fourth-order valence-electron chi connectivity index (χ4n) is 1.84. The average Bonchev–Trinajstić information content (AvgIpc) is 2.18. The molecule has 3 nitrogen and oxygen atoms in total. The molecule has 1 aliphatic rings. The zero-order valence-corrected chi connectivity index (χ0v) is 9.11. The van der Waals surface area contributed by atoms with E-state index >= 15 is 0 Å². The maximum absolute atomic E-state index is 12.6. The zero-order chi connectivity index (χ0) is 11.8. The highest BCUT2D eigenvalue weighted by molar-refractivity contribution is 5.79. The molecular formula is C12H14FNO2. The Morgan fingerprint density at radius 2 is 2.00 bits per heavy atom. The molecule has 1 saturated heterocycles. The number of carbonyl (C=O) groups excluding carboxylic acids is 1. The van der Waals surface area contributed by atoms with Crippen molar-refractivity contribution in [2.45, 2.75) is 18.9 Å². The van der Waals surface area contributed by atoms with E-state index in [0.29, 0.717) is 13.1 Å². The van der Waals surface area contributed by atoms with E-state index < -0.39 is 5.60 Å². The minimum atomic E-state index is -0.738. The minimum Gasteiger partial charge on any atom is -0.386 e. The summed E-state index contributed by atoms with van der Waals surface area (Å²) in [5.74, 6) is -0.332. The van der Waals surface area contributed by atoms with E-state index in [4.69, 9.17) is 0 Å². The number of aliphatic hydroxyl groups is 1. The van der Waals surface area contributed by atoms with Gasteiger partial charge in [-0.1, -0.05) is 12.1 Å². The van der Waals surface area contributed by atoms with Crippen molar-refractivity contribution >= 4 is 5.91 Å². The Morgan fingerprint density at radius 1 is 1.44 bits per heavy atom. The second-order valence-electron chi connectivity index (χ2n) is 4.55. The highest BCUT2D eigenvalue weighted by Crippen LogP contribution is 2.20. The average molecular weight is 223 g/mol. The van der Waals surface area contributed by atoms with Crippen LogP contribution in [0.5, 0.6) is 0 Å². The Morgan fingerprint density at radius 3 is 2.50 bits per heavy atom. The first-order valence-corrected chi connectivity index (χ1v) is 5.21. The molecule has 0 bridgehead atoms. The van der Waals surface area contributed by atoms with Gasteiger partial charge in [-0.15, -0.1) is 0 Å². The Labute approximate surface area is 93.5 Å². The lowest BCUT2D eigenvalue weighted by Crippen LogP contribution is -2.62. The lowest BCUT2D eigenvalue weighted by atomic mass is 9.96. The maximum atomic E-state index is 12.6. The molecule has 0 aliphatic carbocycles. The van der Waals surface area contributed by atoms with E-state index in [1.807, 2.05) is 0 Å². The molecule has 1 N–H and O–H groups in total. The van der Waals surface area contributed by atoms with Crippen molar-refractivity contribution in [2.24, 2.45) is 0 Å². The number of nitrogens with zero attached hydrogens (tertiary/aromatic N) is 1. The SMILES string of the molecule is CC1(O)CN(C(=O)Cc2ccc(F)cc2)C1. The van der Waals surface area contributed by atoms with Gasteiger partial charge in [0.15, 0.2) is 0 Å². The van der Waals surface area contributed by atoms with Crippen LogP contribution in [0.25, 0.3) is 0 Å². The zero-order valence-electron chi connectivity index (χ0n) is 9.11. The Bertz CT molecular complexity index is 392. The third-order valence-corrected chi connectivity index (χ3v) is 2.68. The number of hydrogen-bond acceptors (Lipinski definition) is 2. The van der Waals surface area contributed by atoms with Crippen LogP contribution < -0.4 is 0 Å². The van der Waals surface area contributed by atoms with Crippen LogP contribution in [0.2, 0.25) is 0 Å². The lowest BCUT2D eigenvalue weighted by Gasteiger charge is -2.44. The lowest BCUT2D eigenvalue weighted by molar-refractivity contribution is -0.151. The molecule has 0 saturated carbocycles. The topological polar surface area (TPSA) is 40.5 Å². The number of benzene rings is 1. The van der Waals surface area contributed by atoms with Crippen molar-refractivity contribution in [1.29, 1.82) is 0 Å². The van der Waals surface area contributed by atoms with Crippen LogP contribution in [0.1, 0.15) is 12.5 Å². The molecule has 1 aromatic rings. The van der Waals surface area contributed by atoms with Gasteiger partial charge in [-0.05, 0) is 24.6 Å². The van der Waals surface area contributed by atoms with Crippen LogP contribution in [-0.2, 0) is 11.2 Å². The van der Waals surface area contributed by atoms with E-state index in [9.17, 15) is 14.3 Å². The first kappa shape index (κ1) is 11.1. The highest BCUT2D eigenvalue weighted by atomic mass is 19.1. The summed E-state index contributed by atoms with van der Waals surface area (Å²) in [6.07, 6.45) is 0.260. The van der Waals surface area contributed by atoms with Gasteiger partial charge in [-0.3, -0.25) is 4.79 Å². The Hall–Kier alpha value is -1.42. The quantitative estimate of drug-likeness (QED) is 0.811. The predicted octanol–water partition coefficient (Wildman–Crippen LogP) is 0.961. The fourth-order valence-corrected chi connectivity index (χ4v) is 1.84. The Kier molecular flexibility index (Phi) is 2.68. The van der Waals surface area contributed by atoms with Crippen LogP contribution in [0.3, 0.4) is 0 Å².